The number of ether oxygens (including phenoxy) is 1. The fourth-order valence-corrected chi connectivity index (χ4v) is 2.69. The van der Waals surface area contributed by atoms with Crippen LogP contribution in [-0.2, 0) is 11.3 Å². The van der Waals surface area contributed by atoms with E-state index in [1.165, 1.54) is 6.07 Å². The van der Waals surface area contributed by atoms with Crippen molar-refractivity contribution in [1.29, 1.82) is 0 Å². The molecule has 1 atom stereocenters. The van der Waals surface area contributed by atoms with E-state index in [4.69, 9.17) is 4.74 Å². The van der Waals surface area contributed by atoms with Crippen LogP contribution < -0.4 is 15.0 Å². The van der Waals surface area contributed by atoms with Gasteiger partial charge in [0, 0.05) is 15.7 Å². The lowest BCUT2D eigenvalue weighted by atomic mass is 10.2. The Morgan fingerprint density at radius 1 is 1.25 bits per heavy atom. The molecule has 0 spiro atoms. The smallest absolute Gasteiger partial charge is 0.279 e. The van der Waals surface area contributed by atoms with Crippen molar-refractivity contribution < 1.29 is 18.8 Å². The van der Waals surface area contributed by atoms with E-state index in [0.29, 0.717) is 22.3 Å². The van der Waals surface area contributed by atoms with Crippen LogP contribution in [0.5, 0.6) is 5.75 Å². The maximum absolute atomic E-state index is 13.9. The third-order valence-electron chi connectivity index (χ3n) is 3.74. The molecule has 0 saturated heterocycles. The number of amides is 1. The summed E-state index contributed by atoms with van der Waals surface area (Å²) in [6.07, 6.45) is 0. The summed E-state index contributed by atoms with van der Waals surface area (Å²) >= 11 is 3.25. The average molecular weight is 396 g/mol. The number of rotatable bonds is 7. The van der Waals surface area contributed by atoms with Gasteiger partial charge in [0.15, 0.2) is 6.54 Å². The van der Waals surface area contributed by atoms with Gasteiger partial charge < -0.3 is 15.0 Å². The minimum atomic E-state index is -0.258. The predicted octanol–water partition coefficient (Wildman–Crippen LogP) is 2.64. The number of quaternary nitrogens is 1. The first-order valence-corrected chi connectivity index (χ1v) is 8.52. The molecule has 1 amide bonds. The standard InChI is InChI=1S/C18H20BrFN2O2/c1-3-22(11-13-4-5-14(19)10-17(13)20)12-18(23)21-15-6-8-16(24-2)9-7-15/h4-10H,3,11-12H2,1-2H3,(H,21,23)/p+1. The highest BCUT2D eigenvalue weighted by molar-refractivity contribution is 9.10. The maximum Gasteiger partial charge on any atom is 0.279 e. The largest absolute Gasteiger partial charge is 0.497 e. The quantitative estimate of drug-likeness (QED) is 0.756. The zero-order chi connectivity index (χ0) is 17.5. The number of halogens is 2. The van der Waals surface area contributed by atoms with Crippen LogP contribution in [0.2, 0.25) is 0 Å². The highest BCUT2D eigenvalue weighted by atomic mass is 79.9. The van der Waals surface area contributed by atoms with E-state index in [1.807, 2.05) is 13.0 Å². The van der Waals surface area contributed by atoms with Gasteiger partial charge in [-0.1, -0.05) is 15.9 Å². The minimum absolute atomic E-state index is 0.102. The molecule has 4 nitrogen and oxygen atoms in total. The molecule has 0 saturated carbocycles. The van der Waals surface area contributed by atoms with Crippen molar-refractivity contribution in [2.24, 2.45) is 0 Å². The van der Waals surface area contributed by atoms with E-state index < -0.39 is 0 Å². The van der Waals surface area contributed by atoms with Crippen LogP contribution in [0, 0.1) is 5.82 Å². The van der Waals surface area contributed by atoms with Crippen molar-refractivity contribution in [3.63, 3.8) is 0 Å². The molecule has 0 fully saturated rings. The molecule has 2 aromatic rings. The summed E-state index contributed by atoms with van der Waals surface area (Å²) in [4.78, 5) is 13.2. The average Bonchev–Trinajstić information content (AvgIpc) is 2.57. The second-order valence-electron chi connectivity index (χ2n) is 5.47. The summed E-state index contributed by atoms with van der Waals surface area (Å²) in [5.41, 5.74) is 1.32. The summed E-state index contributed by atoms with van der Waals surface area (Å²) in [6, 6.07) is 12.2. The Kier molecular flexibility index (Phi) is 6.75. The monoisotopic (exact) mass is 395 g/mol. The number of likely N-dealkylation sites (N-methyl/N-ethyl adjacent to an activating group) is 1. The fourth-order valence-electron chi connectivity index (χ4n) is 2.35. The molecular weight excluding hydrogens is 375 g/mol. The van der Waals surface area contributed by atoms with Gasteiger partial charge in [0.1, 0.15) is 18.1 Å². The van der Waals surface area contributed by atoms with Crippen LogP contribution in [0.3, 0.4) is 0 Å². The Balaban J connectivity index is 1.94. The van der Waals surface area contributed by atoms with Gasteiger partial charge in [-0.05, 0) is 49.4 Å². The van der Waals surface area contributed by atoms with Gasteiger partial charge in [-0.2, -0.15) is 0 Å². The summed E-state index contributed by atoms with van der Waals surface area (Å²) in [5, 5.41) is 2.85. The number of carbonyl (C=O) groups is 1. The van der Waals surface area contributed by atoms with Crippen molar-refractivity contribution in [3.05, 3.63) is 58.3 Å². The lowest BCUT2D eigenvalue weighted by Crippen LogP contribution is -3.11. The third-order valence-corrected chi connectivity index (χ3v) is 4.23. The van der Waals surface area contributed by atoms with E-state index in [9.17, 15) is 9.18 Å². The number of hydrogen-bond donors (Lipinski definition) is 2. The zero-order valence-corrected chi connectivity index (χ0v) is 15.3. The molecule has 0 aliphatic heterocycles. The van der Waals surface area contributed by atoms with Crippen LogP contribution in [-0.4, -0.2) is 26.1 Å². The third kappa shape index (κ3) is 5.32. The van der Waals surface area contributed by atoms with E-state index in [2.05, 4.69) is 21.2 Å². The van der Waals surface area contributed by atoms with Crippen molar-refractivity contribution >= 4 is 27.5 Å². The number of anilines is 1. The molecule has 0 aromatic heterocycles. The van der Waals surface area contributed by atoms with Gasteiger partial charge >= 0.3 is 0 Å². The first kappa shape index (κ1) is 18.4. The van der Waals surface area contributed by atoms with Gasteiger partial charge in [-0.25, -0.2) is 4.39 Å². The second kappa shape index (κ2) is 8.80. The number of hydrogen-bond acceptors (Lipinski definition) is 2. The number of nitrogens with one attached hydrogen (secondary N) is 2. The van der Waals surface area contributed by atoms with Crippen molar-refractivity contribution in [2.75, 3.05) is 25.5 Å². The second-order valence-corrected chi connectivity index (χ2v) is 6.39. The molecule has 0 aliphatic rings. The SMILES string of the molecule is CC[NH+](CC(=O)Nc1ccc(OC)cc1)Cc1ccc(Br)cc1F. The van der Waals surface area contributed by atoms with Crippen molar-refractivity contribution in [1.82, 2.24) is 0 Å². The lowest BCUT2D eigenvalue weighted by molar-refractivity contribution is -0.904. The molecule has 0 radical (unpaired) electrons. The normalized spacial score (nSPS) is 11.8. The van der Waals surface area contributed by atoms with Gasteiger partial charge in [0.2, 0.25) is 0 Å². The lowest BCUT2D eigenvalue weighted by Gasteiger charge is -2.18. The number of methoxy groups -OCH3 is 1. The van der Waals surface area contributed by atoms with E-state index in [1.54, 1.807) is 37.4 Å². The van der Waals surface area contributed by atoms with Gasteiger partial charge in [0.25, 0.3) is 5.91 Å². The Labute approximate surface area is 149 Å². The molecule has 2 N–H and O–H groups in total. The van der Waals surface area contributed by atoms with Gasteiger partial charge in [-0.3, -0.25) is 4.79 Å². The van der Waals surface area contributed by atoms with Crippen LogP contribution in [0.15, 0.2) is 46.9 Å². The molecule has 2 rings (SSSR count). The van der Waals surface area contributed by atoms with Crippen LogP contribution >= 0.6 is 15.9 Å². The number of carbonyl (C=O) groups excluding carboxylic acids is 1. The number of benzene rings is 2. The van der Waals surface area contributed by atoms with Crippen LogP contribution in [0.4, 0.5) is 10.1 Å². The van der Waals surface area contributed by atoms with Crippen LogP contribution in [0.25, 0.3) is 0 Å². The summed E-state index contributed by atoms with van der Waals surface area (Å²) < 4.78 is 19.7. The van der Waals surface area contributed by atoms with Gasteiger partial charge in [0.05, 0.1) is 13.7 Å². The highest BCUT2D eigenvalue weighted by Crippen LogP contribution is 2.15. The van der Waals surface area contributed by atoms with Gasteiger partial charge in [-0.15, -0.1) is 0 Å². The molecular formula is C18H21BrFN2O2+. The Bertz CT molecular complexity index is 692. The molecule has 2 aromatic carbocycles. The van der Waals surface area contributed by atoms with Crippen molar-refractivity contribution in [2.45, 2.75) is 13.5 Å². The van der Waals surface area contributed by atoms with E-state index in [-0.39, 0.29) is 18.3 Å². The first-order chi connectivity index (χ1) is 11.5. The summed E-state index contributed by atoms with van der Waals surface area (Å²) in [5.74, 6) is 0.375. The minimum Gasteiger partial charge on any atom is -0.497 e. The molecule has 1 unspecified atom stereocenters. The molecule has 24 heavy (non-hydrogen) atoms. The van der Waals surface area contributed by atoms with E-state index in [0.717, 1.165) is 17.2 Å². The summed E-state index contributed by atoms with van der Waals surface area (Å²) in [6.45, 7) is 3.45. The van der Waals surface area contributed by atoms with Crippen molar-refractivity contribution in [3.8, 4) is 5.75 Å². The molecule has 6 heteroatoms. The fraction of sp³-hybridized carbons (Fsp3) is 0.278. The Morgan fingerprint density at radius 2 is 1.96 bits per heavy atom. The van der Waals surface area contributed by atoms with E-state index >= 15 is 0 Å². The molecule has 0 aliphatic carbocycles. The highest BCUT2D eigenvalue weighted by Gasteiger charge is 2.15. The maximum atomic E-state index is 13.9. The molecule has 128 valence electrons. The Morgan fingerprint density at radius 3 is 2.54 bits per heavy atom. The Hall–Kier alpha value is -1.92. The topological polar surface area (TPSA) is 42.8 Å². The summed E-state index contributed by atoms with van der Waals surface area (Å²) in [7, 11) is 1.59. The molecule has 0 bridgehead atoms. The predicted molar refractivity (Wildman–Crippen MR) is 95.8 cm³/mol. The molecule has 0 heterocycles. The first-order valence-electron chi connectivity index (χ1n) is 7.73. The van der Waals surface area contributed by atoms with Crippen LogP contribution in [0.1, 0.15) is 12.5 Å². The zero-order valence-electron chi connectivity index (χ0n) is 13.7.